The zero-order chi connectivity index (χ0) is 7.56. The molecule has 0 saturated heterocycles. The Kier molecular flexibility index (Phi) is 1.73. The molecule has 0 aliphatic heterocycles. The molecule has 0 amide bonds. The van der Waals surface area contributed by atoms with E-state index < -0.39 is 0 Å². The first kappa shape index (κ1) is 6.82. The minimum absolute atomic E-state index is 0.590. The van der Waals surface area contributed by atoms with Crippen molar-refractivity contribution in [3.63, 3.8) is 0 Å². The molecular weight excluding hydrogens is 128 g/mol. The molecule has 1 rings (SSSR count). The number of hydrogen-bond donors (Lipinski definition) is 2. The van der Waals surface area contributed by atoms with E-state index in [1.54, 1.807) is 25.4 Å². The first-order valence-electron chi connectivity index (χ1n) is 2.90. The van der Waals surface area contributed by atoms with Crippen molar-refractivity contribution in [3.8, 4) is 0 Å². The van der Waals surface area contributed by atoms with Crippen LogP contribution in [-0.2, 0) is 0 Å². The number of nitrogens with two attached hydrogens (primary N) is 2. The Bertz CT molecular complexity index is 221. The Morgan fingerprint density at radius 1 is 1.60 bits per heavy atom. The lowest BCUT2D eigenvalue weighted by Gasteiger charge is -2.11. The molecule has 0 atom stereocenters. The number of aromatic nitrogens is 1. The van der Waals surface area contributed by atoms with E-state index in [1.807, 2.05) is 0 Å². The predicted octanol–water partition coefficient (Wildman–Crippen LogP) is -0.0263. The van der Waals surface area contributed by atoms with E-state index in [2.05, 4.69) is 4.98 Å². The summed E-state index contributed by atoms with van der Waals surface area (Å²) in [5.41, 5.74) is 6.13. The van der Waals surface area contributed by atoms with Crippen LogP contribution in [0.15, 0.2) is 18.3 Å². The third-order valence-corrected chi connectivity index (χ3v) is 1.15. The van der Waals surface area contributed by atoms with Crippen LogP contribution in [0.5, 0.6) is 0 Å². The van der Waals surface area contributed by atoms with Crippen LogP contribution < -0.4 is 16.6 Å². The number of nitrogen functional groups attached to an aromatic ring is 1. The minimum atomic E-state index is 0.590. The van der Waals surface area contributed by atoms with Crippen LogP contribution >= 0.6 is 0 Å². The van der Waals surface area contributed by atoms with Crippen LogP contribution in [0.3, 0.4) is 0 Å². The van der Waals surface area contributed by atoms with Gasteiger partial charge in [0.15, 0.2) is 5.82 Å². The molecular formula is C6H10N4. The molecule has 4 nitrogen and oxygen atoms in total. The van der Waals surface area contributed by atoms with Gasteiger partial charge >= 0.3 is 0 Å². The maximum Gasteiger partial charge on any atom is 0.165 e. The fourth-order valence-electron chi connectivity index (χ4n) is 0.704. The summed E-state index contributed by atoms with van der Waals surface area (Å²) < 4.78 is 0. The van der Waals surface area contributed by atoms with Crippen LogP contribution in [0.2, 0.25) is 0 Å². The van der Waals surface area contributed by atoms with Crippen LogP contribution in [0.1, 0.15) is 0 Å². The molecule has 1 aromatic heterocycles. The van der Waals surface area contributed by atoms with Gasteiger partial charge in [0.2, 0.25) is 0 Å². The van der Waals surface area contributed by atoms with Crippen molar-refractivity contribution in [2.75, 3.05) is 17.8 Å². The van der Waals surface area contributed by atoms with Gasteiger partial charge in [0.25, 0.3) is 0 Å². The first-order chi connectivity index (χ1) is 4.72. The molecule has 0 aromatic carbocycles. The predicted molar refractivity (Wildman–Crippen MR) is 41.2 cm³/mol. The van der Waals surface area contributed by atoms with Crippen LogP contribution in [0.4, 0.5) is 11.5 Å². The molecule has 0 saturated carbocycles. The molecule has 0 spiro atoms. The largest absolute Gasteiger partial charge is 0.396 e. The number of rotatable bonds is 1. The molecule has 0 bridgehead atoms. The van der Waals surface area contributed by atoms with E-state index >= 15 is 0 Å². The van der Waals surface area contributed by atoms with Gasteiger partial charge in [0.1, 0.15) is 0 Å². The highest BCUT2D eigenvalue weighted by molar-refractivity contribution is 5.60. The Hall–Kier alpha value is -1.29. The summed E-state index contributed by atoms with van der Waals surface area (Å²) in [4.78, 5) is 3.95. The Labute approximate surface area is 59.4 Å². The van der Waals surface area contributed by atoms with E-state index in [0.29, 0.717) is 11.5 Å². The Morgan fingerprint density at radius 3 is 2.70 bits per heavy atom. The van der Waals surface area contributed by atoms with Gasteiger partial charge in [-0.25, -0.2) is 10.8 Å². The molecule has 1 aromatic rings. The maximum atomic E-state index is 5.54. The third-order valence-electron chi connectivity index (χ3n) is 1.15. The normalized spacial score (nSPS) is 9.40. The van der Waals surface area contributed by atoms with Gasteiger partial charge < -0.3 is 5.73 Å². The van der Waals surface area contributed by atoms with Crippen molar-refractivity contribution >= 4 is 11.5 Å². The summed E-state index contributed by atoms with van der Waals surface area (Å²) in [7, 11) is 1.69. The lowest BCUT2D eigenvalue weighted by atomic mass is 10.4. The van der Waals surface area contributed by atoms with Crippen LogP contribution in [0.25, 0.3) is 0 Å². The second kappa shape index (κ2) is 2.53. The van der Waals surface area contributed by atoms with E-state index in [0.717, 1.165) is 0 Å². The molecule has 54 valence electrons. The van der Waals surface area contributed by atoms with Gasteiger partial charge in [0.05, 0.1) is 5.69 Å². The topological polar surface area (TPSA) is 68.2 Å². The third kappa shape index (κ3) is 1.16. The Balaban J connectivity index is 3.03. The highest BCUT2D eigenvalue weighted by atomic mass is 15.4. The van der Waals surface area contributed by atoms with Gasteiger partial charge in [-0.1, -0.05) is 0 Å². The van der Waals surface area contributed by atoms with E-state index in [9.17, 15) is 0 Å². The van der Waals surface area contributed by atoms with Gasteiger partial charge in [0, 0.05) is 13.2 Å². The number of nitrogens with zero attached hydrogens (tertiary/aromatic N) is 2. The van der Waals surface area contributed by atoms with Crippen molar-refractivity contribution < 1.29 is 0 Å². The lowest BCUT2D eigenvalue weighted by molar-refractivity contribution is 0.980. The first-order valence-corrected chi connectivity index (χ1v) is 2.90. The second-order valence-corrected chi connectivity index (χ2v) is 2.03. The van der Waals surface area contributed by atoms with Gasteiger partial charge in [-0.2, -0.15) is 0 Å². The minimum Gasteiger partial charge on any atom is -0.396 e. The highest BCUT2D eigenvalue weighted by Crippen LogP contribution is 2.13. The number of hydrogen-bond acceptors (Lipinski definition) is 4. The zero-order valence-corrected chi connectivity index (χ0v) is 5.78. The smallest absolute Gasteiger partial charge is 0.165 e. The summed E-state index contributed by atoms with van der Waals surface area (Å²) in [5.74, 6) is 6.00. The SMILES string of the molecule is CN(N)c1ncccc1N. The molecule has 0 aliphatic carbocycles. The molecule has 0 fully saturated rings. The summed E-state index contributed by atoms with van der Waals surface area (Å²) in [6, 6.07) is 3.52. The van der Waals surface area contributed by atoms with Gasteiger partial charge in [-0.3, -0.25) is 5.01 Å². The van der Waals surface area contributed by atoms with Crippen LogP contribution in [0, 0.1) is 0 Å². The highest BCUT2D eigenvalue weighted by Gasteiger charge is 1.99. The molecule has 10 heavy (non-hydrogen) atoms. The number of anilines is 2. The molecule has 0 radical (unpaired) electrons. The second-order valence-electron chi connectivity index (χ2n) is 2.03. The molecule has 0 aliphatic rings. The van der Waals surface area contributed by atoms with Gasteiger partial charge in [-0.05, 0) is 12.1 Å². The van der Waals surface area contributed by atoms with E-state index in [4.69, 9.17) is 11.6 Å². The quantitative estimate of drug-likeness (QED) is 0.422. The summed E-state index contributed by atoms with van der Waals surface area (Å²) in [6.07, 6.45) is 1.65. The van der Waals surface area contributed by atoms with E-state index in [-0.39, 0.29) is 0 Å². The summed E-state index contributed by atoms with van der Waals surface area (Å²) in [6.45, 7) is 0. The van der Waals surface area contributed by atoms with Crippen molar-refractivity contribution in [2.24, 2.45) is 5.84 Å². The van der Waals surface area contributed by atoms with Crippen molar-refractivity contribution in [1.29, 1.82) is 0 Å². The van der Waals surface area contributed by atoms with Crippen molar-refractivity contribution in [2.45, 2.75) is 0 Å². The van der Waals surface area contributed by atoms with Crippen LogP contribution in [-0.4, -0.2) is 12.0 Å². The summed E-state index contributed by atoms with van der Waals surface area (Å²) in [5, 5.41) is 1.38. The fourth-order valence-corrected chi connectivity index (χ4v) is 0.704. The van der Waals surface area contributed by atoms with Crippen molar-refractivity contribution in [3.05, 3.63) is 18.3 Å². The average molecular weight is 138 g/mol. The van der Waals surface area contributed by atoms with E-state index in [1.165, 1.54) is 5.01 Å². The number of pyridine rings is 1. The Morgan fingerprint density at radius 2 is 2.30 bits per heavy atom. The summed E-state index contributed by atoms with van der Waals surface area (Å²) >= 11 is 0. The monoisotopic (exact) mass is 138 g/mol. The van der Waals surface area contributed by atoms with Gasteiger partial charge in [-0.15, -0.1) is 0 Å². The standard InChI is InChI=1S/C6H10N4/c1-10(8)6-5(7)3-2-4-9-6/h2-4H,7-8H2,1H3. The number of hydrazine groups is 1. The molecule has 4 N–H and O–H groups in total. The van der Waals surface area contributed by atoms with Crippen molar-refractivity contribution in [1.82, 2.24) is 4.98 Å². The fraction of sp³-hybridized carbons (Fsp3) is 0.167. The lowest BCUT2D eigenvalue weighted by Crippen LogP contribution is -2.26. The molecule has 0 unspecified atom stereocenters. The maximum absolute atomic E-state index is 5.54. The molecule has 1 heterocycles. The zero-order valence-electron chi connectivity index (χ0n) is 5.78. The average Bonchev–Trinajstić information content (AvgIpc) is 1.88. The molecule has 4 heteroatoms.